The Labute approximate surface area is 145 Å². The maximum absolute atomic E-state index is 11.2. The van der Waals surface area contributed by atoms with Gasteiger partial charge < -0.3 is 15.3 Å². The molecule has 4 aliphatic rings. The van der Waals surface area contributed by atoms with Gasteiger partial charge in [0.1, 0.15) is 0 Å². The number of fused-ring (bicyclic) bond motifs is 5. The van der Waals surface area contributed by atoms with Crippen LogP contribution in [-0.4, -0.2) is 33.1 Å². The number of aliphatic hydroxyl groups is 3. The van der Waals surface area contributed by atoms with E-state index in [9.17, 15) is 15.3 Å². The molecule has 0 amide bonds. The van der Waals surface area contributed by atoms with Crippen LogP contribution < -0.4 is 0 Å². The summed E-state index contributed by atoms with van der Waals surface area (Å²) < 4.78 is 0. The van der Waals surface area contributed by atoms with Gasteiger partial charge >= 0.3 is 0 Å². The van der Waals surface area contributed by atoms with Gasteiger partial charge in [-0.3, -0.25) is 0 Å². The zero-order valence-electron chi connectivity index (χ0n) is 15.3. The molecule has 0 aromatic heterocycles. The van der Waals surface area contributed by atoms with E-state index in [-0.39, 0.29) is 16.9 Å². The average Bonchev–Trinajstić information content (AvgIpc) is 2.81. The van der Waals surface area contributed by atoms with Gasteiger partial charge in [0.15, 0.2) is 0 Å². The van der Waals surface area contributed by atoms with Crippen LogP contribution in [0.5, 0.6) is 0 Å². The Balaban J connectivity index is 1.74. The quantitative estimate of drug-likeness (QED) is 0.690. The SMILES string of the molecule is C[C@@H](O)[C@@]1(O)CCC2C3=CC=C4CC(O)CCC4(C)C3CCC21C. The molecule has 0 bridgehead atoms. The summed E-state index contributed by atoms with van der Waals surface area (Å²) in [6.07, 6.45) is 10.2. The van der Waals surface area contributed by atoms with Crippen molar-refractivity contribution in [3.8, 4) is 0 Å². The van der Waals surface area contributed by atoms with Crippen molar-refractivity contribution < 1.29 is 15.3 Å². The standard InChI is InChI=1S/C21H32O3/c1-13(22)21(24)11-8-18-16-5-4-14-12-15(23)6-9-19(14,2)17(16)7-10-20(18,21)3/h4-5,13,15,17-18,22-24H,6-12H2,1-3H3/t13-,15?,17?,18?,19?,20?,21+/m1/s1. The largest absolute Gasteiger partial charge is 0.393 e. The lowest BCUT2D eigenvalue weighted by atomic mass is 9.49. The van der Waals surface area contributed by atoms with Crippen LogP contribution in [-0.2, 0) is 0 Å². The molecule has 24 heavy (non-hydrogen) atoms. The number of aliphatic hydroxyl groups excluding tert-OH is 2. The second-order valence-corrected chi connectivity index (χ2v) is 9.37. The molecule has 0 aliphatic heterocycles. The van der Waals surface area contributed by atoms with Gasteiger partial charge in [0.25, 0.3) is 0 Å². The zero-order valence-corrected chi connectivity index (χ0v) is 15.3. The second kappa shape index (κ2) is 5.18. The van der Waals surface area contributed by atoms with E-state index >= 15 is 0 Å². The Bertz CT molecular complexity index is 606. The molecule has 7 atom stereocenters. The van der Waals surface area contributed by atoms with E-state index in [1.807, 2.05) is 0 Å². The van der Waals surface area contributed by atoms with Crippen molar-refractivity contribution in [3.63, 3.8) is 0 Å². The molecule has 3 saturated carbocycles. The van der Waals surface area contributed by atoms with Crippen LogP contribution in [0.1, 0.15) is 65.7 Å². The van der Waals surface area contributed by atoms with Gasteiger partial charge in [-0.05, 0) is 69.1 Å². The molecule has 0 aromatic rings. The molecule has 0 spiro atoms. The van der Waals surface area contributed by atoms with E-state index in [2.05, 4.69) is 26.0 Å². The smallest absolute Gasteiger partial charge is 0.0961 e. The third-order valence-electron chi connectivity index (χ3n) is 8.45. The Hall–Kier alpha value is -0.640. The second-order valence-electron chi connectivity index (χ2n) is 9.37. The highest BCUT2D eigenvalue weighted by Gasteiger charge is 2.63. The fourth-order valence-corrected chi connectivity index (χ4v) is 6.72. The third kappa shape index (κ3) is 1.95. The third-order valence-corrected chi connectivity index (χ3v) is 8.45. The maximum atomic E-state index is 11.2. The minimum absolute atomic E-state index is 0.177. The van der Waals surface area contributed by atoms with Gasteiger partial charge in [0.2, 0.25) is 0 Å². The van der Waals surface area contributed by atoms with Crippen LogP contribution in [0.4, 0.5) is 0 Å². The van der Waals surface area contributed by atoms with Gasteiger partial charge in [0, 0.05) is 5.41 Å². The van der Waals surface area contributed by atoms with E-state index in [0.29, 0.717) is 18.3 Å². The number of hydrogen-bond donors (Lipinski definition) is 3. The van der Waals surface area contributed by atoms with Crippen LogP contribution in [0.2, 0.25) is 0 Å². The summed E-state index contributed by atoms with van der Waals surface area (Å²) in [7, 11) is 0. The molecule has 5 unspecified atom stereocenters. The molecular formula is C21H32O3. The van der Waals surface area contributed by atoms with Crippen LogP contribution >= 0.6 is 0 Å². The predicted octanol–water partition coefficient (Wildman–Crippen LogP) is 3.34. The first-order chi connectivity index (χ1) is 11.2. The van der Waals surface area contributed by atoms with Gasteiger partial charge in [-0.2, -0.15) is 0 Å². The lowest BCUT2D eigenvalue weighted by Gasteiger charge is -2.56. The first-order valence-corrected chi connectivity index (χ1v) is 9.72. The highest BCUT2D eigenvalue weighted by atomic mass is 16.3. The molecule has 4 aliphatic carbocycles. The average molecular weight is 332 g/mol. The predicted molar refractivity (Wildman–Crippen MR) is 94.3 cm³/mol. The number of allylic oxidation sites excluding steroid dienone is 3. The maximum Gasteiger partial charge on any atom is 0.0961 e. The monoisotopic (exact) mass is 332 g/mol. The lowest BCUT2D eigenvalue weighted by Crippen LogP contribution is -2.56. The molecule has 0 saturated heterocycles. The van der Waals surface area contributed by atoms with E-state index in [4.69, 9.17) is 0 Å². The van der Waals surface area contributed by atoms with E-state index in [0.717, 1.165) is 38.5 Å². The fraction of sp³-hybridized carbons (Fsp3) is 0.810. The minimum atomic E-state index is -0.961. The van der Waals surface area contributed by atoms with Crippen molar-refractivity contribution in [2.45, 2.75) is 83.5 Å². The van der Waals surface area contributed by atoms with Crippen LogP contribution in [0.15, 0.2) is 23.3 Å². The van der Waals surface area contributed by atoms with Crippen molar-refractivity contribution in [3.05, 3.63) is 23.3 Å². The Morgan fingerprint density at radius 2 is 1.75 bits per heavy atom. The van der Waals surface area contributed by atoms with Crippen molar-refractivity contribution in [2.24, 2.45) is 22.7 Å². The van der Waals surface area contributed by atoms with Gasteiger partial charge in [-0.15, -0.1) is 0 Å². The molecule has 0 heterocycles. The molecule has 134 valence electrons. The molecule has 0 radical (unpaired) electrons. The molecule has 3 nitrogen and oxygen atoms in total. The number of rotatable bonds is 1. The van der Waals surface area contributed by atoms with Crippen molar-refractivity contribution >= 4 is 0 Å². The van der Waals surface area contributed by atoms with Gasteiger partial charge in [-0.25, -0.2) is 0 Å². The Morgan fingerprint density at radius 1 is 1.04 bits per heavy atom. The van der Waals surface area contributed by atoms with Crippen molar-refractivity contribution in [1.82, 2.24) is 0 Å². The van der Waals surface area contributed by atoms with Gasteiger partial charge in [-0.1, -0.05) is 37.1 Å². The summed E-state index contributed by atoms with van der Waals surface area (Å²) in [6, 6.07) is 0. The Morgan fingerprint density at radius 3 is 2.46 bits per heavy atom. The van der Waals surface area contributed by atoms with Crippen molar-refractivity contribution in [1.29, 1.82) is 0 Å². The molecule has 4 rings (SSSR count). The summed E-state index contributed by atoms with van der Waals surface area (Å²) in [5, 5.41) is 31.5. The minimum Gasteiger partial charge on any atom is -0.393 e. The first-order valence-electron chi connectivity index (χ1n) is 9.72. The summed E-state index contributed by atoms with van der Waals surface area (Å²) >= 11 is 0. The molecule has 3 heteroatoms. The van der Waals surface area contributed by atoms with Gasteiger partial charge in [0.05, 0.1) is 17.8 Å². The summed E-state index contributed by atoms with van der Waals surface area (Å²) in [6.45, 7) is 6.33. The van der Waals surface area contributed by atoms with E-state index in [1.54, 1.807) is 6.92 Å². The van der Waals surface area contributed by atoms with Crippen LogP contribution in [0.3, 0.4) is 0 Å². The summed E-state index contributed by atoms with van der Waals surface area (Å²) in [5.74, 6) is 0.914. The normalized spacial score (nSPS) is 51.8. The number of hydrogen-bond acceptors (Lipinski definition) is 3. The first kappa shape index (κ1) is 16.8. The lowest BCUT2D eigenvalue weighted by molar-refractivity contribution is -0.148. The topological polar surface area (TPSA) is 60.7 Å². The zero-order chi connectivity index (χ0) is 17.3. The summed E-state index contributed by atoms with van der Waals surface area (Å²) in [4.78, 5) is 0. The van der Waals surface area contributed by atoms with E-state index in [1.165, 1.54) is 11.1 Å². The highest BCUT2D eigenvalue weighted by molar-refractivity contribution is 5.39. The highest BCUT2D eigenvalue weighted by Crippen LogP contribution is 2.66. The fourth-order valence-electron chi connectivity index (χ4n) is 6.72. The van der Waals surface area contributed by atoms with Crippen molar-refractivity contribution in [2.75, 3.05) is 0 Å². The molecular weight excluding hydrogens is 300 g/mol. The van der Waals surface area contributed by atoms with Crippen LogP contribution in [0, 0.1) is 22.7 Å². The molecule has 3 N–H and O–H groups in total. The van der Waals surface area contributed by atoms with E-state index < -0.39 is 11.7 Å². The molecule has 0 aromatic carbocycles. The Kier molecular flexibility index (Phi) is 3.63. The summed E-state index contributed by atoms with van der Waals surface area (Å²) in [5.41, 5.74) is 1.91. The van der Waals surface area contributed by atoms with Crippen LogP contribution in [0.25, 0.3) is 0 Å². The molecule has 3 fully saturated rings.